The van der Waals surface area contributed by atoms with Crippen molar-refractivity contribution < 1.29 is 14.3 Å². The Morgan fingerprint density at radius 2 is 1.96 bits per heavy atom. The Hall–Kier alpha value is -2.87. The maximum Gasteiger partial charge on any atom is 0.411 e. The van der Waals surface area contributed by atoms with Crippen LogP contribution in [-0.4, -0.2) is 67.6 Å². The van der Waals surface area contributed by atoms with Crippen molar-refractivity contribution in [2.24, 2.45) is 0 Å². The van der Waals surface area contributed by atoms with Crippen LogP contribution in [0.1, 0.15) is 0 Å². The first kappa shape index (κ1) is 17.9. The molecule has 1 aromatic heterocycles. The van der Waals surface area contributed by atoms with Gasteiger partial charge in [0.2, 0.25) is 0 Å². The summed E-state index contributed by atoms with van der Waals surface area (Å²) in [5.41, 5.74) is 0.595. The molecule has 0 spiro atoms. The Bertz CT molecular complexity index is 705. The van der Waals surface area contributed by atoms with E-state index in [1.54, 1.807) is 25.4 Å². The lowest BCUT2D eigenvalue weighted by Gasteiger charge is -2.34. The smallest absolute Gasteiger partial charge is 0.411 e. The number of hydrogen-bond acceptors (Lipinski definition) is 7. The van der Waals surface area contributed by atoms with Crippen LogP contribution in [0.3, 0.4) is 0 Å². The zero-order chi connectivity index (χ0) is 18.2. The summed E-state index contributed by atoms with van der Waals surface area (Å²) in [4.78, 5) is 16.4. The van der Waals surface area contributed by atoms with Crippen LogP contribution in [0, 0.1) is 0 Å². The number of aromatic nitrogens is 2. The van der Waals surface area contributed by atoms with E-state index in [0.29, 0.717) is 24.6 Å². The molecule has 2 aromatic rings. The summed E-state index contributed by atoms with van der Waals surface area (Å²) in [5, 5.41) is 10.8. The van der Waals surface area contributed by atoms with Gasteiger partial charge < -0.3 is 14.4 Å². The summed E-state index contributed by atoms with van der Waals surface area (Å²) >= 11 is 0. The third-order valence-electron chi connectivity index (χ3n) is 4.24. The molecule has 1 N–H and O–H groups in total. The van der Waals surface area contributed by atoms with E-state index in [1.807, 2.05) is 24.3 Å². The normalized spacial score (nSPS) is 14.7. The maximum atomic E-state index is 11.9. The number of hydrogen-bond donors (Lipinski definition) is 1. The van der Waals surface area contributed by atoms with Gasteiger partial charge in [-0.3, -0.25) is 10.2 Å². The van der Waals surface area contributed by atoms with Crippen molar-refractivity contribution in [1.82, 2.24) is 15.1 Å². The number of nitrogens with zero attached hydrogens (tertiary/aromatic N) is 4. The van der Waals surface area contributed by atoms with Gasteiger partial charge in [-0.1, -0.05) is 12.1 Å². The van der Waals surface area contributed by atoms with Crippen molar-refractivity contribution >= 4 is 17.6 Å². The van der Waals surface area contributed by atoms with E-state index in [2.05, 4.69) is 25.3 Å². The van der Waals surface area contributed by atoms with E-state index in [-0.39, 0.29) is 0 Å². The summed E-state index contributed by atoms with van der Waals surface area (Å²) in [6.45, 7) is 4.60. The molecular weight excluding hydrogens is 334 g/mol. The van der Waals surface area contributed by atoms with Crippen LogP contribution in [0.15, 0.2) is 42.6 Å². The van der Waals surface area contributed by atoms with E-state index in [0.717, 1.165) is 32.0 Å². The fourth-order valence-electron chi connectivity index (χ4n) is 2.82. The van der Waals surface area contributed by atoms with E-state index in [4.69, 9.17) is 9.47 Å². The Morgan fingerprint density at radius 3 is 2.69 bits per heavy atom. The molecule has 0 saturated carbocycles. The SMILES string of the molecule is COc1ccccc1NC(=O)OCCN1CCN(c2cccnn2)CC1. The maximum absolute atomic E-state index is 11.9. The van der Waals surface area contributed by atoms with Crippen LogP contribution < -0.4 is 15.0 Å². The van der Waals surface area contributed by atoms with Crippen LogP contribution in [0.5, 0.6) is 5.75 Å². The number of piperazine rings is 1. The number of anilines is 2. The van der Waals surface area contributed by atoms with E-state index in [1.165, 1.54) is 0 Å². The number of benzene rings is 1. The molecule has 0 atom stereocenters. The van der Waals surface area contributed by atoms with E-state index < -0.39 is 6.09 Å². The highest BCUT2D eigenvalue weighted by atomic mass is 16.5. The molecule has 1 fully saturated rings. The van der Waals surface area contributed by atoms with Crippen molar-refractivity contribution in [2.45, 2.75) is 0 Å². The molecular formula is C18H23N5O3. The van der Waals surface area contributed by atoms with Gasteiger partial charge in [0, 0.05) is 38.9 Å². The Labute approximate surface area is 152 Å². The minimum atomic E-state index is -0.479. The van der Waals surface area contributed by atoms with Gasteiger partial charge in [-0.2, -0.15) is 5.10 Å². The van der Waals surface area contributed by atoms with Crippen molar-refractivity contribution in [3.05, 3.63) is 42.6 Å². The van der Waals surface area contributed by atoms with Crippen molar-refractivity contribution in [1.29, 1.82) is 0 Å². The molecule has 138 valence electrons. The van der Waals surface area contributed by atoms with E-state index in [9.17, 15) is 4.79 Å². The molecule has 0 unspecified atom stereocenters. The number of rotatable bonds is 6. The fraction of sp³-hybridized carbons (Fsp3) is 0.389. The first-order valence-electron chi connectivity index (χ1n) is 8.58. The molecule has 1 saturated heterocycles. The summed E-state index contributed by atoms with van der Waals surface area (Å²) in [7, 11) is 1.56. The number of nitrogens with one attached hydrogen (secondary N) is 1. The van der Waals surface area contributed by atoms with Crippen LogP contribution in [0.2, 0.25) is 0 Å². The van der Waals surface area contributed by atoms with Gasteiger partial charge in [-0.15, -0.1) is 5.10 Å². The van der Waals surface area contributed by atoms with Gasteiger partial charge in [0.05, 0.1) is 12.8 Å². The van der Waals surface area contributed by atoms with Crippen molar-refractivity contribution in [3.63, 3.8) is 0 Å². The average Bonchev–Trinajstić information content (AvgIpc) is 2.69. The average molecular weight is 357 g/mol. The second-order valence-corrected chi connectivity index (χ2v) is 5.87. The highest BCUT2D eigenvalue weighted by molar-refractivity contribution is 5.86. The monoisotopic (exact) mass is 357 g/mol. The Kier molecular flexibility index (Phi) is 6.21. The number of methoxy groups -OCH3 is 1. The van der Waals surface area contributed by atoms with Crippen molar-refractivity contribution in [3.8, 4) is 5.75 Å². The highest BCUT2D eigenvalue weighted by Gasteiger charge is 2.18. The second kappa shape index (κ2) is 9.00. The summed E-state index contributed by atoms with van der Waals surface area (Å²) in [6, 6.07) is 11.1. The molecule has 1 aromatic carbocycles. The lowest BCUT2D eigenvalue weighted by molar-refractivity contribution is 0.137. The van der Waals surface area contributed by atoms with Gasteiger partial charge >= 0.3 is 6.09 Å². The number of para-hydroxylation sites is 2. The number of amides is 1. The third kappa shape index (κ3) is 4.82. The molecule has 1 aliphatic rings. The topological polar surface area (TPSA) is 79.8 Å². The molecule has 3 rings (SSSR count). The number of carbonyl (C=O) groups is 1. The molecule has 8 heteroatoms. The first-order chi connectivity index (χ1) is 12.8. The van der Waals surface area contributed by atoms with Gasteiger partial charge in [0.15, 0.2) is 5.82 Å². The minimum absolute atomic E-state index is 0.339. The predicted octanol–water partition coefficient (Wildman–Crippen LogP) is 1.86. The zero-order valence-electron chi connectivity index (χ0n) is 14.8. The fourth-order valence-corrected chi connectivity index (χ4v) is 2.82. The van der Waals surface area contributed by atoms with E-state index >= 15 is 0 Å². The lowest BCUT2D eigenvalue weighted by atomic mass is 10.3. The van der Waals surface area contributed by atoms with Crippen LogP contribution in [0.4, 0.5) is 16.3 Å². The van der Waals surface area contributed by atoms with Gasteiger partial charge in [-0.05, 0) is 24.3 Å². The Morgan fingerprint density at radius 1 is 1.15 bits per heavy atom. The standard InChI is InChI=1S/C18H23N5O3/c1-25-16-6-3-2-5-15(16)20-18(24)26-14-13-22-9-11-23(12-10-22)17-7-4-8-19-21-17/h2-8H,9-14H2,1H3,(H,20,24). The van der Waals surface area contributed by atoms with Crippen LogP contribution in [-0.2, 0) is 4.74 Å². The first-order valence-corrected chi connectivity index (χ1v) is 8.58. The van der Waals surface area contributed by atoms with Crippen LogP contribution >= 0.6 is 0 Å². The minimum Gasteiger partial charge on any atom is -0.495 e. The number of ether oxygens (including phenoxy) is 2. The van der Waals surface area contributed by atoms with Crippen molar-refractivity contribution in [2.75, 3.05) is 56.7 Å². The summed E-state index contributed by atoms with van der Waals surface area (Å²) in [6.07, 6.45) is 1.19. The zero-order valence-corrected chi connectivity index (χ0v) is 14.8. The molecule has 0 radical (unpaired) electrons. The van der Waals surface area contributed by atoms with Gasteiger partial charge in [0.25, 0.3) is 0 Å². The number of carbonyl (C=O) groups excluding carboxylic acids is 1. The lowest BCUT2D eigenvalue weighted by Crippen LogP contribution is -2.47. The summed E-state index contributed by atoms with van der Waals surface area (Å²) in [5.74, 6) is 1.50. The predicted molar refractivity (Wildman–Crippen MR) is 98.6 cm³/mol. The Balaban J connectivity index is 1.37. The summed E-state index contributed by atoms with van der Waals surface area (Å²) < 4.78 is 10.5. The second-order valence-electron chi connectivity index (χ2n) is 5.87. The molecule has 0 bridgehead atoms. The van der Waals surface area contributed by atoms with Gasteiger partial charge in [-0.25, -0.2) is 4.79 Å². The third-order valence-corrected chi connectivity index (χ3v) is 4.24. The molecule has 1 amide bonds. The molecule has 26 heavy (non-hydrogen) atoms. The van der Waals surface area contributed by atoms with Gasteiger partial charge in [0.1, 0.15) is 12.4 Å². The molecule has 8 nitrogen and oxygen atoms in total. The molecule has 1 aliphatic heterocycles. The highest BCUT2D eigenvalue weighted by Crippen LogP contribution is 2.23. The molecule has 0 aliphatic carbocycles. The van der Waals surface area contributed by atoms with Crippen LogP contribution in [0.25, 0.3) is 0 Å². The largest absolute Gasteiger partial charge is 0.495 e. The molecule has 2 heterocycles. The quantitative estimate of drug-likeness (QED) is 0.845.